The second kappa shape index (κ2) is 12.5. The molecule has 0 amide bonds. The highest BCUT2D eigenvalue weighted by molar-refractivity contribution is 5.80. The van der Waals surface area contributed by atoms with Gasteiger partial charge in [0.1, 0.15) is 13.1 Å². The average Bonchev–Trinajstić information content (AvgIpc) is 2.87. The second-order valence-corrected chi connectivity index (χ2v) is 9.12. The molecule has 2 heteroatoms. The monoisotopic (exact) mass is 454 g/mol. The maximum Gasteiger partial charge on any atom is 0.169 e. The minimum Gasteiger partial charge on any atom is -0.205 e. The third kappa shape index (κ3) is 6.11. The van der Waals surface area contributed by atoms with Crippen LogP contribution in [0.3, 0.4) is 0 Å². The Hall–Kier alpha value is -3.00. The number of hydrogen-bond donors (Lipinski definition) is 0. The summed E-state index contributed by atoms with van der Waals surface area (Å²) in [5, 5.41) is 0. The number of aromatic nitrogens is 2. The Morgan fingerprint density at radius 3 is 1.21 bits per heavy atom. The van der Waals surface area contributed by atoms with Crippen molar-refractivity contribution >= 4 is 24.3 Å². The van der Waals surface area contributed by atoms with Crippen LogP contribution in [-0.4, -0.2) is 0 Å². The van der Waals surface area contributed by atoms with Crippen molar-refractivity contribution in [3.8, 4) is 0 Å². The molecule has 0 spiro atoms. The van der Waals surface area contributed by atoms with Crippen LogP contribution in [0.5, 0.6) is 0 Å². The first kappa shape index (κ1) is 25.6. The Balaban J connectivity index is 2.07. The molecular formula is C32H42N2+2. The zero-order valence-electron chi connectivity index (χ0n) is 22.1. The lowest BCUT2D eigenvalue weighted by molar-refractivity contribution is -0.693. The summed E-state index contributed by atoms with van der Waals surface area (Å²) in [6.07, 6.45) is 22.4. The molecule has 2 nitrogen and oxygen atoms in total. The Bertz CT molecular complexity index is 1040. The van der Waals surface area contributed by atoms with Crippen molar-refractivity contribution in [2.24, 2.45) is 0 Å². The van der Waals surface area contributed by atoms with Crippen LogP contribution in [0.2, 0.25) is 0 Å². The van der Waals surface area contributed by atoms with Gasteiger partial charge in [0.2, 0.25) is 0 Å². The highest BCUT2D eigenvalue weighted by atomic mass is 14.9. The summed E-state index contributed by atoms with van der Waals surface area (Å²) in [5.41, 5.74) is 11.2. The zero-order valence-corrected chi connectivity index (χ0v) is 22.1. The van der Waals surface area contributed by atoms with Gasteiger partial charge in [0.25, 0.3) is 0 Å². The molecule has 2 heterocycles. The topological polar surface area (TPSA) is 7.76 Å². The van der Waals surface area contributed by atoms with Gasteiger partial charge in [-0.05, 0) is 85.0 Å². The molecule has 3 rings (SSSR count). The number of benzene rings is 1. The third-order valence-electron chi connectivity index (χ3n) is 6.81. The molecule has 0 unspecified atom stereocenters. The highest BCUT2D eigenvalue weighted by Crippen LogP contribution is 2.32. The third-order valence-corrected chi connectivity index (χ3v) is 6.81. The van der Waals surface area contributed by atoms with Gasteiger partial charge >= 0.3 is 0 Å². The van der Waals surface area contributed by atoms with E-state index in [4.69, 9.17) is 0 Å². The molecule has 0 fully saturated rings. The lowest BCUT2D eigenvalue weighted by atomic mass is 9.83. The maximum atomic E-state index is 2.35. The molecule has 1 aromatic carbocycles. The van der Waals surface area contributed by atoms with Gasteiger partial charge in [-0.3, -0.25) is 0 Å². The summed E-state index contributed by atoms with van der Waals surface area (Å²) in [7, 11) is 0. The summed E-state index contributed by atoms with van der Waals surface area (Å²) in [6.45, 7) is 15.6. The predicted octanol–water partition coefficient (Wildman–Crippen LogP) is 7.16. The molecule has 2 aromatic heterocycles. The lowest BCUT2D eigenvalue weighted by Gasteiger charge is -2.21. The fraction of sp³-hybridized carbons (Fsp3) is 0.375. The van der Waals surface area contributed by atoms with E-state index >= 15 is 0 Å². The summed E-state index contributed by atoms with van der Waals surface area (Å²) in [6, 6.07) is 8.81. The molecule has 0 saturated carbocycles. The van der Waals surface area contributed by atoms with Crippen LogP contribution < -0.4 is 9.13 Å². The molecule has 0 aliphatic heterocycles. The van der Waals surface area contributed by atoms with Gasteiger partial charge < -0.3 is 0 Å². The standard InChI is InChI=1S/C32H42N2/c1-7-11-29-25(5)32(16-14-28-19-23-34(10-4)24-20-28)30(12-8-2)26(6)31(29)15-13-27-17-21-33(9-3)22-18-27/h13-24H,7-12H2,1-6H3/q+2. The second-order valence-electron chi connectivity index (χ2n) is 9.12. The fourth-order valence-corrected chi connectivity index (χ4v) is 4.72. The highest BCUT2D eigenvalue weighted by Gasteiger charge is 2.16. The summed E-state index contributed by atoms with van der Waals surface area (Å²) >= 11 is 0. The average molecular weight is 455 g/mol. The van der Waals surface area contributed by atoms with Crippen LogP contribution in [0.4, 0.5) is 0 Å². The van der Waals surface area contributed by atoms with E-state index in [0.717, 1.165) is 38.8 Å². The number of rotatable bonds is 10. The Morgan fingerprint density at radius 1 is 0.559 bits per heavy atom. The largest absolute Gasteiger partial charge is 0.205 e. The smallest absolute Gasteiger partial charge is 0.169 e. The van der Waals surface area contributed by atoms with E-state index in [9.17, 15) is 0 Å². The van der Waals surface area contributed by atoms with Crippen molar-refractivity contribution in [3.63, 3.8) is 0 Å². The minimum atomic E-state index is 1.000. The molecule has 178 valence electrons. The fourth-order valence-electron chi connectivity index (χ4n) is 4.72. The van der Waals surface area contributed by atoms with Crippen molar-refractivity contribution in [3.05, 3.63) is 93.6 Å². The van der Waals surface area contributed by atoms with Crippen molar-refractivity contribution in [1.82, 2.24) is 0 Å². The van der Waals surface area contributed by atoms with E-state index in [1.54, 1.807) is 0 Å². The lowest BCUT2D eigenvalue weighted by Crippen LogP contribution is -2.30. The number of hydrogen-bond acceptors (Lipinski definition) is 0. The quantitative estimate of drug-likeness (QED) is 0.287. The number of nitrogens with zero attached hydrogens (tertiary/aromatic N) is 2. The summed E-state index contributed by atoms with van der Waals surface area (Å²) in [4.78, 5) is 0. The Morgan fingerprint density at radius 2 is 0.912 bits per heavy atom. The van der Waals surface area contributed by atoms with Crippen LogP contribution >= 0.6 is 0 Å². The molecular weight excluding hydrogens is 412 g/mol. The van der Waals surface area contributed by atoms with Gasteiger partial charge in [-0.25, -0.2) is 9.13 Å². The minimum absolute atomic E-state index is 1.000. The predicted molar refractivity (Wildman–Crippen MR) is 146 cm³/mol. The molecule has 0 radical (unpaired) electrons. The molecule has 0 bridgehead atoms. The van der Waals surface area contributed by atoms with Crippen LogP contribution in [0.1, 0.15) is 85.0 Å². The van der Waals surface area contributed by atoms with E-state index in [0.29, 0.717) is 0 Å². The van der Waals surface area contributed by atoms with Crippen molar-refractivity contribution in [2.45, 2.75) is 80.3 Å². The van der Waals surface area contributed by atoms with E-state index in [1.165, 1.54) is 44.5 Å². The summed E-state index contributed by atoms with van der Waals surface area (Å²) in [5.74, 6) is 0. The van der Waals surface area contributed by atoms with Gasteiger partial charge in [0.05, 0.1) is 0 Å². The zero-order chi connectivity index (χ0) is 24.5. The van der Waals surface area contributed by atoms with Crippen molar-refractivity contribution < 1.29 is 9.13 Å². The number of aryl methyl sites for hydroxylation is 2. The van der Waals surface area contributed by atoms with Crippen LogP contribution in [0.15, 0.2) is 49.1 Å². The summed E-state index contributed by atoms with van der Waals surface area (Å²) < 4.78 is 4.40. The first-order chi connectivity index (χ1) is 16.5. The molecule has 3 aromatic rings. The molecule has 0 saturated heterocycles. The maximum absolute atomic E-state index is 2.35. The van der Waals surface area contributed by atoms with Gasteiger partial charge in [0, 0.05) is 24.3 Å². The molecule has 0 aliphatic rings. The van der Waals surface area contributed by atoms with E-state index in [1.807, 2.05) is 0 Å². The van der Waals surface area contributed by atoms with Crippen LogP contribution in [0.25, 0.3) is 24.3 Å². The molecule has 0 aliphatic carbocycles. The Labute approximate surface area is 207 Å². The van der Waals surface area contributed by atoms with Crippen molar-refractivity contribution in [1.29, 1.82) is 0 Å². The van der Waals surface area contributed by atoms with E-state index in [2.05, 4.69) is 124 Å². The van der Waals surface area contributed by atoms with Crippen LogP contribution in [0, 0.1) is 13.8 Å². The van der Waals surface area contributed by atoms with Gasteiger partial charge in [-0.1, -0.05) is 51.0 Å². The van der Waals surface area contributed by atoms with E-state index < -0.39 is 0 Å². The molecule has 0 atom stereocenters. The van der Waals surface area contributed by atoms with Gasteiger partial charge in [-0.15, -0.1) is 0 Å². The van der Waals surface area contributed by atoms with Gasteiger partial charge in [0.15, 0.2) is 24.8 Å². The molecule has 0 N–H and O–H groups in total. The first-order valence-electron chi connectivity index (χ1n) is 13.0. The van der Waals surface area contributed by atoms with Crippen molar-refractivity contribution in [2.75, 3.05) is 0 Å². The SMILES string of the molecule is CCCc1c(C)c(C=Cc2cc[n+](CC)cc2)c(CCC)c(C)c1C=Cc1cc[n+](CC)cc1. The first-order valence-corrected chi connectivity index (χ1v) is 13.0. The molecule has 34 heavy (non-hydrogen) atoms. The van der Waals surface area contributed by atoms with Gasteiger partial charge in [-0.2, -0.15) is 0 Å². The number of pyridine rings is 2. The van der Waals surface area contributed by atoms with Crippen LogP contribution in [-0.2, 0) is 25.9 Å². The Kier molecular flexibility index (Phi) is 9.39. The van der Waals surface area contributed by atoms with E-state index in [-0.39, 0.29) is 0 Å². The normalized spacial score (nSPS) is 11.7.